The maximum atomic E-state index is 12.3. The molecular weight excluding hydrogens is 390 g/mol. The number of aryl methyl sites for hydroxylation is 1. The van der Waals surface area contributed by atoms with Crippen LogP contribution in [0, 0.1) is 6.92 Å². The molecule has 0 aliphatic carbocycles. The van der Waals surface area contributed by atoms with Crippen molar-refractivity contribution in [3.63, 3.8) is 0 Å². The highest BCUT2D eigenvalue weighted by atomic mass is 35.5. The summed E-state index contributed by atoms with van der Waals surface area (Å²) in [4.78, 5) is 33.0. The molecule has 2 heterocycles. The smallest absolute Gasteiger partial charge is 0.336 e. The van der Waals surface area contributed by atoms with Crippen molar-refractivity contribution < 1.29 is 9.32 Å². The molecule has 0 saturated heterocycles. The van der Waals surface area contributed by atoms with Gasteiger partial charge in [0.05, 0.1) is 17.4 Å². The minimum absolute atomic E-state index is 0.144. The Kier molecular flexibility index (Phi) is 5.22. The number of rotatable bonds is 5. The zero-order chi connectivity index (χ0) is 20.5. The molecule has 29 heavy (non-hydrogen) atoms. The number of nitrogens with one attached hydrogen (secondary N) is 2. The van der Waals surface area contributed by atoms with E-state index in [0.29, 0.717) is 40.4 Å². The van der Waals surface area contributed by atoms with Gasteiger partial charge in [-0.1, -0.05) is 23.7 Å². The summed E-state index contributed by atoms with van der Waals surface area (Å²) >= 11 is 6.30. The first-order chi connectivity index (χ1) is 13.9. The van der Waals surface area contributed by atoms with Gasteiger partial charge >= 0.3 is 5.63 Å². The molecule has 0 saturated carbocycles. The summed E-state index contributed by atoms with van der Waals surface area (Å²) in [5.41, 5.74) is 2.39. The minimum atomic E-state index is -0.387. The summed E-state index contributed by atoms with van der Waals surface area (Å²) in [5, 5.41) is 2.03. The largest absolute Gasteiger partial charge is 0.423 e. The first-order valence-electron chi connectivity index (χ1n) is 9.49. The van der Waals surface area contributed by atoms with Gasteiger partial charge in [-0.05, 0) is 43.7 Å². The van der Waals surface area contributed by atoms with Crippen LogP contribution in [0.1, 0.15) is 23.9 Å². The number of hydrogen-bond donors (Lipinski definition) is 2. The number of hydrogen-bond acceptors (Lipinski definition) is 4. The predicted molar refractivity (Wildman–Crippen MR) is 114 cm³/mol. The van der Waals surface area contributed by atoms with Gasteiger partial charge < -0.3 is 14.3 Å². The standard InChI is InChI=1S/C22H20ClN3O3/c1-3-26(12-20-24-18-7-5-4-6-15(18)22(28)25-20)11-14-9-21(27)29-19-8-13(2)17(23)10-16(14)19/h4-10H,3,11-12H2,1-2H3,(H,24,25,28)/p+1. The molecule has 0 amide bonds. The molecule has 0 bridgehead atoms. The van der Waals surface area contributed by atoms with Crippen molar-refractivity contribution >= 4 is 33.5 Å². The molecule has 2 aromatic heterocycles. The van der Waals surface area contributed by atoms with Crippen molar-refractivity contribution in [1.29, 1.82) is 0 Å². The van der Waals surface area contributed by atoms with Gasteiger partial charge in [-0.15, -0.1) is 0 Å². The molecule has 148 valence electrons. The topological polar surface area (TPSA) is 80.4 Å². The van der Waals surface area contributed by atoms with E-state index >= 15 is 0 Å². The number of halogens is 1. The monoisotopic (exact) mass is 410 g/mol. The number of para-hydroxylation sites is 1. The summed E-state index contributed by atoms with van der Waals surface area (Å²) in [7, 11) is 0. The highest BCUT2D eigenvalue weighted by Gasteiger charge is 2.16. The summed E-state index contributed by atoms with van der Waals surface area (Å²) in [6.45, 7) is 5.82. The fraction of sp³-hybridized carbons (Fsp3) is 0.227. The van der Waals surface area contributed by atoms with Crippen LogP contribution >= 0.6 is 11.6 Å². The first kappa shape index (κ1) is 19.4. The molecule has 2 N–H and O–H groups in total. The quantitative estimate of drug-likeness (QED) is 0.495. The number of quaternary nitrogens is 1. The van der Waals surface area contributed by atoms with Crippen LogP contribution in [0.4, 0.5) is 0 Å². The number of fused-ring (bicyclic) bond motifs is 2. The number of aromatic nitrogens is 2. The molecule has 0 radical (unpaired) electrons. The van der Waals surface area contributed by atoms with E-state index < -0.39 is 0 Å². The summed E-state index contributed by atoms with van der Waals surface area (Å²) in [6, 6.07) is 12.4. The van der Waals surface area contributed by atoms with E-state index in [1.807, 2.05) is 31.2 Å². The Morgan fingerprint density at radius 3 is 2.69 bits per heavy atom. The fourth-order valence-electron chi connectivity index (χ4n) is 3.53. The zero-order valence-corrected chi connectivity index (χ0v) is 17.0. The van der Waals surface area contributed by atoms with Crippen LogP contribution in [0.2, 0.25) is 5.02 Å². The maximum Gasteiger partial charge on any atom is 0.336 e. The van der Waals surface area contributed by atoms with Gasteiger partial charge in [-0.25, -0.2) is 9.78 Å². The second-order valence-electron chi connectivity index (χ2n) is 7.18. The molecule has 0 aliphatic rings. The van der Waals surface area contributed by atoms with Gasteiger partial charge in [0.15, 0.2) is 5.82 Å². The van der Waals surface area contributed by atoms with E-state index in [1.54, 1.807) is 12.1 Å². The molecule has 0 aliphatic heterocycles. The third kappa shape index (κ3) is 3.95. The van der Waals surface area contributed by atoms with Gasteiger partial charge in [0.2, 0.25) is 0 Å². The molecule has 0 fully saturated rings. The normalized spacial score (nSPS) is 12.5. The predicted octanol–water partition coefficient (Wildman–Crippen LogP) is 2.60. The Balaban J connectivity index is 1.69. The Morgan fingerprint density at radius 1 is 1.10 bits per heavy atom. The molecule has 4 rings (SSSR count). The van der Waals surface area contributed by atoms with Crippen LogP contribution in [0.5, 0.6) is 0 Å². The Morgan fingerprint density at radius 2 is 1.90 bits per heavy atom. The third-order valence-corrected chi connectivity index (χ3v) is 5.54. The van der Waals surface area contributed by atoms with Gasteiger partial charge in [0, 0.05) is 22.0 Å². The number of aromatic amines is 1. The molecule has 7 heteroatoms. The van der Waals surface area contributed by atoms with Crippen molar-refractivity contribution in [2.24, 2.45) is 0 Å². The van der Waals surface area contributed by atoms with E-state index in [-0.39, 0.29) is 11.2 Å². The average molecular weight is 411 g/mol. The fourth-order valence-corrected chi connectivity index (χ4v) is 3.70. The molecule has 2 aromatic carbocycles. The van der Waals surface area contributed by atoms with Crippen LogP contribution in [0.15, 0.2) is 56.5 Å². The van der Waals surface area contributed by atoms with E-state index in [4.69, 9.17) is 16.0 Å². The first-order valence-corrected chi connectivity index (χ1v) is 9.86. The van der Waals surface area contributed by atoms with Crippen molar-refractivity contribution in [3.8, 4) is 0 Å². The molecule has 6 nitrogen and oxygen atoms in total. The van der Waals surface area contributed by atoms with E-state index in [0.717, 1.165) is 28.0 Å². The number of benzene rings is 2. The molecular formula is C22H21ClN3O3+. The van der Waals surface area contributed by atoms with Crippen LogP contribution in [-0.2, 0) is 13.1 Å². The molecule has 1 unspecified atom stereocenters. The van der Waals surface area contributed by atoms with Crippen molar-refractivity contribution in [2.45, 2.75) is 26.9 Å². The Labute approximate surface area is 171 Å². The Bertz CT molecular complexity index is 1330. The number of nitrogens with zero attached hydrogens (tertiary/aromatic N) is 1. The molecule has 1 atom stereocenters. The maximum absolute atomic E-state index is 12.3. The second-order valence-corrected chi connectivity index (χ2v) is 7.58. The van der Waals surface area contributed by atoms with Crippen LogP contribution in [0.25, 0.3) is 21.9 Å². The Hall–Kier alpha value is -2.96. The third-order valence-electron chi connectivity index (χ3n) is 5.13. The second kappa shape index (κ2) is 7.81. The molecule has 0 spiro atoms. The van der Waals surface area contributed by atoms with Gasteiger partial charge in [-0.2, -0.15) is 0 Å². The van der Waals surface area contributed by atoms with Crippen molar-refractivity contribution in [3.05, 3.63) is 85.2 Å². The van der Waals surface area contributed by atoms with E-state index in [9.17, 15) is 9.59 Å². The van der Waals surface area contributed by atoms with Crippen molar-refractivity contribution in [1.82, 2.24) is 9.97 Å². The van der Waals surface area contributed by atoms with E-state index in [1.165, 1.54) is 6.07 Å². The minimum Gasteiger partial charge on any atom is -0.423 e. The average Bonchev–Trinajstić information content (AvgIpc) is 2.69. The lowest BCUT2D eigenvalue weighted by Crippen LogP contribution is -3.09. The highest BCUT2D eigenvalue weighted by Crippen LogP contribution is 2.24. The van der Waals surface area contributed by atoms with Crippen LogP contribution in [-0.4, -0.2) is 16.5 Å². The van der Waals surface area contributed by atoms with Crippen LogP contribution < -0.4 is 16.1 Å². The lowest BCUT2D eigenvalue weighted by molar-refractivity contribution is -0.926. The molecule has 4 aromatic rings. The summed E-state index contributed by atoms with van der Waals surface area (Å²) in [5.74, 6) is 0.617. The van der Waals surface area contributed by atoms with Gasteiger partial charge in [0.25, 0.3) is 5.56 Å². The van der Waals surface area contributed by atoms with E-state index in [2.05, 4.69) is 16.9 Å². The van der Waals surface area contributed by atoms with Crippen molar-refractivity contribution in [2.75, 3.05) is 6.54 Å². The zero-order valence-electron chi connectivity index (χ0n) is 16.2. The SMILES string of the molecule is CC[NH+](Cc1nc2ccccc2c(=O)[nH]1)Cc1cc(=O)oc2cc(C)c(Cl)cc12. The number of H-pyrrole nitrogens is 1. The van der Waals surface area contributed by atoms with Gasteiger partial charge in [-0.3, -0.25) is 4.79 Å². The summed E-state index contributed by atoms with van der Waals surface area (Å²) < 4.78 is 5.35. The highest BCUT2D eigenvalue weighted by molar-refractivity contribution is 6.32. The van der Waals surface area contributed by atoms with Crippen LogP contribution in [0.3, 0.4) is 0 Å². The van der Waals surface area contributed by atoms with Gasteiger partial charge in [0.1, 0.15) is 18.7 Å². The lowest BCUT2D eigenvalue weighted by atomic mass is 10.1. The summed E-state index contributed by atoms with van der Waals surface area (Å²) in [6.07, 6.45) is 0. The lowest BCUT2D eigenvalue weighted by Gasteiger charge is -2.18.